The largest absolute Gasteiger partial charge is 0.459 e. The summed E-state index contributed by atoms with van der Waals surface area (Å²) in [7, 11) is 1.79. The number of rotatable bonds is 4. The van der Waals surface area contributed by atoms with E-state index in [0.717, 1.165) is 33.5 Å². The lowest BCUT2D eigenvalue weighted by Crippen LogP contribution is -2.30. The highest BCUT2D eigenvalue weighted by molar-refractivity contribution is 5.99. The Labute approximate surface area is 151 Å². The Bertz CT molecular complexity index is 972. The molecule has 5 heteroatoms. The Hall–Kier alpha value is -3.08. The average Bonchev–Trinajstić information content (AvgIpc) is 3.22. The summed E-state index contributed by atoms with van der Waals surface area (Å²) in [6.07, 6.45) is 0.691. The highest BCUT2D eigenvalue weighted by Crippen LogP contribution is 2.28. The van der Waals surface area contributed by atoms with Crippen molar-refractivity contribution in [3.8, 4) is 0 Å². The van der Waals surface area contributed by atoms with Crippen molar-refractivity contribution >= 4 is 28.5 Å². The molecule has 26 heavy (non-hydrogen) atoms. The number of fused-ring (bicyclic) bond motifs is 2. The lowest BCUT2D eigenvalue weighted by Gasteiger charge is -2.23. The number of nitrogens with one attached hydrogen (secondary N) is 1. The topological polar surface area (TPSA) is 62.6 Å². The Morgan fingerprint density at radius 1 is 1.23 bits per heavy atom. The molecule has 5 nitrogen and oxygen atoms in total. The van der Waals surface area contributed by atoms with E-state index < -0.39 is 0 Å². The molecule has 2 heterocycles. The zero-order valence-electron chi connectivity index (χ0n) is 14.8. The van der Waals surface area contributed by atoms with Crippen molar-refractivity contribution in [3.05, 3.63) is 65.4 Å². The third-order valence-corrected chi connectivity index (χ3v) is 4.99. The summed E-state index contributed by atoms with van der Waals surface area (Å²) in [6, 6.07) is 15.4. The van der Waals surface area contributed by atoms with Gasteiger partial charge in [0.1, 0.15) is 11.3 Å². The summed E-state index contributed by atoms with van der Waals surface area (Å²) in [4.78, 5) is 25.9. The van der Waals surface area contributed by atoms with Gasteiger partial charge in [-0.3, -0.25) is 9.59 Å². The first-order valence-electron chi connectivity index (χ1n) is 8.67. The van der Waals surface area contributed by atoms with E-state index in [2.05, 4.69) is 5.32 Å². The summed E-state index contributed by atoms with van der Waals surface area (Å²) in [5, 5.41) is 3.86. The molecule has 2 amide bonds. The molecule has 0 unspecified atom stereocenters. The molecule has 0 bridgehead atoms. The van der Waals surface area contributed by atoms with Crippen LogP contribution < -0.4 is 5.32 Å². The van der Waals surface area contributed by atoms with Crippen LogP contribution in [0.25, 0.3) is 11.0 Å². The molecule has 1 N–H and O–H groups in total. The van der Waals surface area contributed by atoms with Gasteiger partial charge in [0.2, 0.25) is 11.8 Å². The van der Waals surface area contributed by atoms with Crippen molar-refractivity contribution in [2.24, 2.45) is 0 Å². The normalized spacial score (nSPS) is 14.2. The van der Waals surface area contributed by atoms with Gasteiger partial charge in [-0.1, -0.05) is 30.3 Å². The smallest absolute Gasteiger partial charge is 0.228 e. The average molecular weight is 348 g/mol. The van der Waals surface area contributed by atoms with E-state index in [1.807, 2.05) is 55.5 Å². The van der Waals surface area contributed by atoms with E-state index in [9.17, 15) is 9.59 Å². The number of nitrogens with zero attached hydrogens (tertiary/aromatic N) is 1. The molecular weight excluding hydrogens is 328 g/mol. The van der Waals surface area contributed by atoms with Gasteiger partial charge >= 0.3 is 0 Å². The monoisotopic (exact) mass is 348 g/mol. The molecule has 0 saturated heterocycles. The molecule has 1 aromatic heterocycles. The van der Waals surface area contributed by atoms with Crippen LogP contribution in [0.5, 0.6) is 0 Å². The van der Waals surface area contributed by atoms with Gasteiger partial charge in [0, 0.05) is 18.1 Å². The minimum atomic E-state index is -0.163. The second-order valence-corrected chi connectivity index (χ2v) is 6.76. The number of benzene rings is 2. The third-order valence-electron chi connectivity index (χ3n) is 4.99. The number of carbonyl (C=O) groups is 2. The van der Waals surface area contributed by atoms with Crippen LogP contribution in [-0.2, 0) is 22.4 Å². The molecule has 0 fully saturated rings. The van der Waals surface area contributed by atoms with Crippen molar-refractivity contribution in [3.63, 3.8) is 0 Å². The van der Waals surface area contributed by atoms with Gasteiger partial charge in [0.15, 0.2) is 0 Å². The van der Waals surface area contributed by atoms with Crippen molar-refractivity contribution in [2.45, 2.75) is 25.8 Å². The van der Waals surface area contributed by atoms with Crippen LogP contribution in [-0.4, -0.2) is 23.8 Å². The van der Waals surface area contributed by atoms with Crippen LogP contribution in [0.4, 0.5) is 5.69 Å². The molecule has 0 aliphatic carbocycles. The fourth-order valence-corrected chi connectivity index (χ4v) is 3.29. The molecule has 0 radical (unpaired) electrons. The van der Waals surface area contributed by atoms with Crippen molar-refractivity contribution in [2.75, 3.05) is 12.4 Å². The molecule has 4 rings (SSSR count). The molecule has 132 valence electrons. The first-order valence-corrected chi connectivity index (χ1v) is 8.67. The number of hydrogen-bond donors (Lipinski definition) is 1. The van der Waals surface area contributed by atoms with Crippen LogP contribution in [0, 0.1) is 0 Å². The van der Waals surface area contributed by atoms with Gasteiger partial charge < -0.3 is 14.6 Å². The van der Waals surface area contributed by atoms with Crippen LogP contribution in [0.1, 0.15) is 29.9 Å². The van der Waals surface area contributed by atoms with Gasteiger partial charge in [-0.15, -0.1) is 0 Å². The van der Waals surface area contributed by atoms with Crippen LogP contribution in [0.3, 0.4) is 0 Å². The molecule has 0 saturated carbocycles. The Kier molecular flexibility index (Phi) is 3.99. The number of likely N-dealkylation sites (N-methyl/N-ethyl adjacent to an activating group) is 1. The Balaban J connectivity index is 1.49. The van der Waals surface area contributed by atoms with E-state index in [1.165, 1.54) is 0 Å². The van der Waals surface area contributed by atoms with Crippen LogP contribution in [0.15, 0.2) is 52.9 Å². The maximum atomic E-state index is 12.7. The van der Waals surface area contributed by atoms with Crippen molar-refractivity contribution in [1.82, 2.24) is 4.90 Å². The number of carbonyl (C=O) groups excluding carboxylic acids is 2. The standard InChI is InChI=1S/C21H20N2O3/c1-13(19-11-16-5-3-4-6-18(16)26-19)23(2)21(25)10-14-7-8-15-12-20(24)22-17(15)9-14/h3-9,11,13H,10,12H2,1-2H3,(H,22,24)/t13-/m0/s1. The lowest BCUT2D eigenvalue weighted by molar-refractivity contribution is -0.131. The Morgan fingerprint density at radius 3 is 2.85 bits per heavy atom. The number of anilines is 1. The number of amides is 2. The summed E-state index contributed by atoms with van der Waals surface area (Å²) in [5.74, 6) is 0.768. The summed E-state index contributed by atoms with van der Waals surface area (Å²) in [6.45, 7) is 1.96. The van der Waals surface area contributed by atoms with Gasteiger partial charge in [-0.2, -0.15) is 0 Å². The maximum Gasteiger partial charge on any atom is 0.228 e. The molecule has 1 aliphatic rings. The fraction of sp³-hybridized carbons (Fsp3) is 0.238. The second-order valence-electron chi connectivity index (χ2n) is 6.76. The minimum absolute atomic E-state index is 0.000831. The van der Waals surface area contributed by atoms with E-state index in [0.29, 0.717) is 6.42 Å². The summed E-state index contributed by atoms with van der Waals surface area (Å²) >= 11 is 0. The highest BCUT2D eigenvalue weighted by atomic mass is 16.3. The van der Waals surface area contributed by atoms with Gasteiger partial charge in [-0.05, 0) is 36.2 Å². The number of furan rings is 1. The zero-order valence-corrected chi connectivity index (χ0v) is 14.8. The van der Waals surface area contributed by atoms with Crippen molar-refractivity contribution < 1.29 is 14.0 Å². The van der Waals surface area contributed by atoms with Gasteiger partial charge in [0.25, 0.3) is 0 Å². The molecule has 1 aliphatic heterocycles. The lowest BCUT2D eigenvalue weighted by atomic mass is 10.1. The second kappa shape index (κ2) is 6.33. The predicted octanol–water partition coefficient (Wildman–Crippen LogP) is 3.69. The summed E-state index contributed by atoms with van der Waals surface area (Å²) in [5.41, 5.74) is 3.51. The van der Waals surface area contributed by atoms with E-state index in [4.69, 9.17) is 4.42 Å². The first kappa shape index (κ1) is 16.4. The third kappa shape index (κ3) is 2.96. The predicted molar refractivity (Wildman–Crippen MR) is 99.9 cm³/mol. The maximum absolute atomic E-state index is 12.7. The van der Waals surface area contributed by atoms with Crippen LogP contribution in [0.2, 0.25) is 0 Å². The molecule has 0 spiro atoms. The quantitative estimate of drug-likeness (QED) is 0.782. The Morgan fingerprint density at radius 2 is 2.04 bits per heavy atom. The van der Waals surface area contributed by atoms with Gasteiger partial charge in [-0.25, -0.2) is 0 Å². The zero-order chi connectivity index (χ0) is 18.3. The molecule has 3 aromatic rings. The van der Waals surface area contributed by atoms with Crippen LogP contribution >= 0.6 is 0 Å². The summed E-state index contributed by atoms with van der Waals surface area (Å²) < 4.78 is 5.88. The van der Waals surface area contributed by atoms with E-state index in [1.54, 1.807) is 11.9 Å². The van der Waals surface area contributed by atoms with Gasteiger partial charge in [0.05, 0.1) is 18.9 Å². The SMILES string of the molecule is C[C@@H](c1cc2ccccc2o1)N(C)C(=O)Cc1ccc2c(c1)NC(=O)C2. The molecular formula is C21H20N2O3. The molecule has 1 atom stereocenters. The van der Waals surface area contributed by atoms with E-state index >= 15 is 0 Å². The highest BCUT2D eigenvalue weighted by Gasteiger charge is 2.22. The number of hydrogen-bond acceptors (Lipinski definition) is 3. The van der Waals surface area contributed by atoms with Crippen molar-refractivity contribution in [1.29, 1.82) is 0 Å². The first-order chi connectivity index (χ1) is 12.5. The molecule has 2 aromatic carbocycles. The fourth-order valence-electron chi connectivity index (χ4n) is 3.29. The van der Waals surface area contributed by atoms with E-state index in [-0.39, 0.29) is 24.3 Å². The number of para-hydroxylation sites is 1. The minimum Gasteiger partial charge on any atom is -0.459 e.